The minimum absolute atomic E-state index is 0. The van der Waals surface area contributed by atoms with Gasteiger partial charge in [0.25, 0.3) is 0 Å². The minimum Gasteiger partial charge on any atom is -0.0776 e. The molecule has 0 aromatic heterocycles. The third kappa shape index (κ3) is 9.92. The van der Waals surface area contributed by atoms with Crippen molar-refractivity contribution in [3.05, 3.63) is 0 Å². The fraction of sp³-hybridized carbons (Fsp3) is 1.00. The maximum absolute atomic E-state index is 2.39. The van der Waals surface area contributed by atoms with Crippen molar-refractivity contribution in [2.75, 3.05) is 0 Å². The summed E-state index contributed by atoms with van der Waals surface area (Å²) in [7, 11) is 0. The largest absolute Gasteiger partial charge is 0.0776 e. The molecule has 0 N–H and O–H groups in total. The topological polar surface area (TPSA) is 0 Å². The average molecular weight is 188 g/mol. The molecule has 0 aliphatic heterocycles. The van der Waals surface area contributed by atoms with Crippen LogP contribution in [-0.2, 0) is 0 Å². The predicted octanol–water partition coefficient (Wildman–Crippen LogP) is 5.38. The lowest BCUT2D eigenvalue weighted by Gasteiger charge is -2.20. The van der Waals surface area contributed by atoms with Crippen LogP contribution in [-0.4, -0.2) is 0 Å². The standard InChI is InChI=1S/C11H24.2CH4/c1-6-7-10(4)11(5)8-9(2)3;;/h9-11H,6-8H2,1-5H3;2*1H4. The molecule has 0 saturated carbocycles. The summed E-state index contributed by atoms with van der Waals surface area (Å²) in [5.41, 5.74) is 0. The lowest BCUT2D eigenvalue weighted by Crippen LogP contribution is -2.10. The zero-order valence-electron chi connectivity index (χ0n) is 8.85. The Morgan fingerprint density at radius 1 is 0.846 bits per heavy atom. The van der Waals surface area contributed by atoms with E-state index in [1.807, 2.05) is 0 Å². The molecule has 2 atom stereocenters. The Labute approximate surface area is 87.1 Å². The van der Waals surface area contributed by atoms with Gasteiger partial charge in [-0.1, -0.05) is 62.3 Å². The molecule has 0 nitrogen and oxygen atoms in total. The van der Waals surface area contributed by atoms with Crippen LogP contribution in [0.2, 0.25) is 0 Å². The smallest absolute Gasteiger partial charge is 0.0415 e. The first kappa shape index (κ1) is 18.7. The molecule has 0 aliphatic carbocycles. The number of hydrogen-bond donors (Lipinski definition) is 0. The van der Waals surface area contributed by atoms with E-state index in [0.29, 0.717) is 0 Å². The Hall–Kier alpha value is 0. The van der Waals surface area contributed by atoms with Gasteiger partial charge < -0.3 is 0 Å². The van der Waals surface area contributed by atoms with Gasteiger partial charge in [0.2, 0.25) is 0 Å². The summed E-state index contributed by atoms with van der Waals surface area (Å²) in [5.74, 6) is 2.70. The van der Waals surface area contributed by atoms with Crippen molar-refractivity contribution in [3.63, 3.8) is 0 Å². The van der Waals surface area contributed by atoms with Crippen molar-refractivity contribution in [2.45, 2.75) is 68.7 Å². The Balaban J connectivity index is -0.000000500. The fourth-order valence-electron chi connectivity index (χ4n) is 1.72. The average Bonchev–Trinajstić information content (AvgIpc) is 1.86. The number of rotatable bonds is 5. The normalized spacial score (nSPS) is 14.3. The van der Waals surface area contributed by atoms with Gasteiger partial charge in [0.05, 0.1) is 0 Å². The van der Waals surface area contributed by atoms with Crippen LogP contribution in [0.5, 0.6) is 0 Å². The van der Waals surface area contributed by atoms with Crippen molar-refractivity contribution in [3.8, 4) is 0 Å². The van der Waals surface area contributed by atoms with Crippen molar-refractivity contribution >= 4 is 0 Å². The van der Waals surface area contributed by atoms with Crippen LogP contribution in [0, 0.1) is 17.8 Å². The molecule has 0 fully saturated rings. The van der Waals surface area contributed by atoms with E-state index < -0.39 is 0 Å². The second-order valence-corrected chi connectivity index (χ2v) is 4.37. The molecule has 0 aromatic rings. The monoisotopic (exact) mass is 188 g/mol. The van der Waals surface area contributed by atoms with Crippen LogP contribution in [0.1, 0.15) is 68.7 Å². The maximum atomic E-state index is 2.39. The van der Waals surface area contributed by atoms with E-state index >= 15 is 0 Å². The highest BCUT2D eigenvalue weighted by atomic mass is 14.2. The Morgan fingerprint density at radius 2 is 1.31 bits per heavy atom. The van der Waals surface area contributed by atoms with E-state index in [1.54, 1.807) is 0 Å². The summed E-state index contributed by atoms with van der Waals surface area (Å²) >= 11 is 0. The van der Waals surface area contributed by atoms with Gasteiger partial charge in [-0.05, 0) is 24.2 Å². The van der Waals surface area contributed by atoms with E-state index in [1.165, 1.54) is 19.3 Å². The Morgan fingerprint density at radius 3 is 1.62 bits per heavy atom. The molecule has 0 aliphatic rings. The van der Waals surface area contributed by atoms with Gasteiger partial charge in [-0.2, -0.15) is 0 Å². The van der Waals surface area contributed by atoms with Gasteiger partial charge in [-0.3, -0.25) is 0 Å². The molecule has 0 heteroatoms. The summed E-state index contributed by atoms with van der Waals surface area (Å²) in [5, 5.41) is 0. The van der Waals surface area contributed by atoms with Crippen LogP contribution in [0.4, 0.5) is 0 Å². The molecule has 0 spiro atoms. The van der Waals surface area contributed by atoms with Crippen molar-refractivity contribution in [1.29, 1.82) is 0 Å². The summed E-state index contributed by atoms with van der Waals surface area (Å²) in [6.07, 6.45) is 4.12. The Kier molecular flexibility index (Phi) is 14.5. The minimum atomic E-state index is 0. The summed E-state index contributed by atoms with van der Waals surface area (Å²) in [6, 6.07) is 0. The third-order valence-corrected chi connectivity index (χ3v) is 2.56. The van der Waals surface area contributed by atoms with E-state index in [-0.39, 0.29) is 14.9 Å². The van der Waals surface area contributed by atoms with Gasteiger partial charge >= 0.3 is 0 Å². The lowest BCUT2D eigenvalue weighted by molar-refractivity contribution is 0.306. The van der Waals surface area contributed by atoms with Crippen LogP contribution in [0.3, 0.4) is 0 Å². The summed E-state index contributed by atoms with van der Waals surface area (Å²) in [4.78, 5) is 0. The molecule has 0 heterocycles. The zero-order chi connectivity index (χ0) is 8.85. The van der Waals surface area contributed by atoms with Gasteiger partial charge in [0.15, 0.2) is 0 Å². The van der Waals surface area contributed by atoms with E-state index in [0.717, 1.165) is 17.8 Å². The highest BCUT2D eigenvalue weighted by Crippen LogP contribution is 2.23. The molecule has 0 aromatic carbocycles. The molecular formula is C13H32. The van der Waals surface area contributed by atoms with Gasteiger partial charge in [0.1, 0.15) is 0 Å². The van der Waals surface area contributed by atoms with Crippen LogP contribution < -0.4 is 0 Å². The van der Waals surface area contributed by atoms with Gasteiger partial charge in [-0.15, -0.1) is 0 Å². The molecule has 0 bridgehead atoms. The molecule has 0 rings (SSSR count). The first-order valence-corrected chi connectivity index (χ1v) is 5.07. The SMILES string of the molecule is C.C.CCCC(C)C(C)CC(C)C. The van der Waals surface area contributed by atoms with Crippen LogP contribution in [0.15, 0.2) is 0 Å². The second kappa shape index (κ2) is 10.1. The van der Waals surface area contributed by atoms with Crippen molar-refractivity contribution in [2.24, 2.45) is 17.8 Å². The first-order valence-electron chi connectivity index (χ1n) is 5.07. The van der Waals surface area contributed by atoms with E-state index in [9.17, 15) is 0 Å². The predicted molar refractivity (Wildman–Crippen MR) is 66.2 cm³/mol. The van der Waals surface area contributed by atoms with Crippen molar-refractivity contribution < 1.29 is 0 Å². The fourth-order valence-corrected chi connectivity index (χ4v) is 1.72. The van der Waals surface area contributed by atoms with E-state index in [2.05, 4.69) is 34.6 Å². The molecule has 0 saturated heterocycles. The van der Waals surface area contributed by atoms with Crippen molar-refractivity contribution in [1.82, 2.24) is 0 Å². The summed E-state index contributed by atoms with van der Waals surface area (Å²) in [6.45, 7) is 11.7. The molecule has 0 amide bonds. The molecule has 13 heavy (non-hydrogen) atoms. The highest BCUT2D eigenvalue weighted by Gasteiger charge is 2.11. The van der Waals surface area contributed by atoms with E-state index in [4.69, 9.17) is 0 Å². The molecule has 0 radical (unpaired) electrons. The van der Waals surface area contributed by atoms with Gasteiger partial charge in [0, 0.05) is 0 Å². The van der Waals surface area contributed by atoms with Gasteiger partial charge in [-0.25, -0.2) is 0 Å². The van der Waals surface area contributed by atoms with Crippen LogP contribution >= 0.6 is 0 Å². The summed E-state index contributed by atoms with van der Waals surface area (Å²) < 4.78 is 0. The lowest BCUT2D eigenvalue weighted by atomic mass is 9.86. The Bertz CT molecular complexity index is 84.0. The highest BCUT2D eigenvalue weighted by molar-refractivity contribution is 4.63. The van der Waals surface area contributed by atoms with Crippen LogP contribution in [0.25, 0.3) is 0 Å². The zero-order valence-corrected chi connectivity index (χ0v) is 8.85. The number of hydrogen-bond acceptors (Lipinski definition) is 0. The molecular weight excluding hydrogens is 156 g/mol. The molecule has 2 unspecified atom stereocenters. The quantitative estimate of drug-likeness (QED) is 0.543. The maximum Gasteiger partial charge on any atom is -0.0415 e. The first-order chi connectivity index (χ1) is 5.07. The molecule has 84 valence electrons. The second-order valence-electron chi connectivity index (χ2n) is 4.37. The third-order valence-electron chi connectivity index (χ3n) is 2.56.